The monoisotopic (exact) mass is 524 g/mol. The molecule has 3 N–H and O–H groups in total. The number of nitrogens with zero attached hydrogens (tertiary/aromatic N) is 1. The van der Waals surface area contributed by atoms with E-state index < -0.39 is 37.0 Å². The Labute approximate surface area is 162 Å². The minimum Gasteiger partial charge on any atom is -0.480 e. The highest BCUT2D eigenvalue weighted by Crippen LogP contribution is 2.33. The predicted molar refractivity (Wildman–Crippen MR) is 95.8 cm³/mol. The second-order valence-electron chi connectivity index (χ2n) is 4.76. The first-order valence-electron chi connectivity index (χ1n) is 6.59. The maximum atomic E-state index is 12.2. The van der Waals surface area contributed by atoms with Gasteiger partial charge in [0.2, 0.25) is 0 Å². The summed E-state index contributed by atoms with van der Waals surface area (Å²) in [6.45, 7) is -1.36. The first-order valence-corrected chi connectivity index (χ1v) is 8.46. The fourth-order valence-electron chi connectivity index (χ4n) is 1.98. The average molecular weight is 525 g/mol. The molecule has 0 atom stereocenters. The van der Waals surface area contributed by atoms with E-state index in [0.29, 0.717) is 14.9 Å². The Morgan fingerprint density at radius 3 is 2.56 bits per heavy atom. The number of halogens is 2. The number of urea groups is 1. The molecule has 1 saturated heterocycles. The van der Waals surface area contributed by atoms with Crippen molar-refractivity contribution in [3.63, 3.8) is 0 Å². The molecule has 11 heteroatoms. The molecule has 1 aromatic rings. The number of ether oxygens (including phenoxy) is 1. The van der Waals surface area contributed by atoms with E-state index in [1.807, 2.05) is 22.6 Å². The standard InChI is InChI=1S/C14H10BrIN2O7/c15-8-3-7(16)1-6(12(8)25-5-11(21)22)2-9-13(23)18(4-10(19)20)14(24)17-9/h1-3H,4-5H2,(H,17,24)(H,19,20)(H,21,22)/b9-2+. The van der Waals surface area contributed by atoms with Crippen molar-refractivity contribution in [2.45, 2.75) is 0 Å². The van der Waals surface area contributed by atoms with Gasteiger partial charge in [0.1, 0.15) is 18.0 Å². The molecule has 25 heavy (non-hydrogen) atoms. The number of aliphatic carboxylic acids is 2. The number of amides is 3. The minimum atomic E-state index is -1.33. The second kappa shape index (κ2) is 7.82. The van der Waals surface area contributed by atoms with Crippen LogP contribution in [0.3, 0.4) is 0 Å². The first-order chi connectivity index (χ1) is 11.7. The summed E-state index contributed by atoms with van der Waals surface area (Å²) in [5.41, 5.74) is 0.209. The third-order valence-electron chi connectivity index (χ3n) is 2.93. The number of hydrogen-bond donors (Lipinski definition) is 3. The summed E-state index contributed by atoms with van der Waals surface area (Å²) in [7, 11) is 0. The molecule has 0 radical (unpaired) electrons. The molecule has 1 heterocycles. The van der Waals surface area contributed by atoms with Gasteiger partial charge in [-0.1, -0.05) is 0 Å². The van der Waals surface area contributed by atoms with Crippen LogP contribution in [-0.2, 0) is 14.4 Å². The lowest BCUT2D eigenvalue weighted by atomic mass is 10.1. The Bertz CT molecular complexity index is 809. The van der Waals surface area contributed by atoms with Crippen molar-refractivity contribution in [2.75, 3.05) is 13.2 Å². The van der Waals surface area contributed by atoms with Gasteiger partial charge < -0.3 is 20.3 Å². The lowest BCUT2D eigenvalue weighted by Gasteiger charge is -2.11. The molecule has 0 saturated carbocycles. The summed E-state index contributed by atoms with van der Waals surface area (Å²) in [6, 6.07) is 2.46. The number of rotatable bonds is 6. The number of carbonyl (C=O) groups is 4. The van der Waals surface area contributed by atoms with Crippen LogP contribution in [0.15, 0.2) is 22.3 Å². The van der Waals surface area contributed by atoms with E-state index in [2.05, 4.69) is 21.2 Å². The van der Waals surface area contributed by atoms with Gasteiger partial charge in [0.15, 0.2) is 6.61 Å². The van der Waals surface area contributed by atoms with E-state index in [9.17, 15) is 19.2 Å². The zero-order valence-electron chi connectivity index (χ0n) is 12.3. The lowest BCUT2D eigenvalue weighted by Crippen LogP contribution is -2.35. The summed E-state index contributed by atoms with van der Waals surface area (Å²) in [5, 5.41) is 19.8. The van der Waals surface area contributed by atoms with E-state index in [-0.39, 0.29) is 11.4 Å². The molecule has 1 aromatic carbocycles. The Hall–Kier alpha value is -2.15. The zero-order valence-corrected chi connectivity index (χ0v) is 16.0. The van der Waals surface area contributed by atoms with Crippen LogP contribution in [0, 0.1) is 3.57 Å². The molecule has 132 valence electrons. The van der Waals surface area contributed by atoms with E-state index in [1.165, 1.54) is 6.08 Å². The van der Waals surface area contributed by atoms with Gasteiger partial charge in [-0.3, -0.25) is 9.59 Å². The van der Waals surface area contributed by atoms with Crippen molar-refractivity contribution >= 4 is 68.5 Å². The highest BCUT2D eigenvalue weighted by atomic mass is 127. The van der Waals surface area contributed by atoms with Gasteiger partial charge >= 0.3 is 18.0 Å². The number of carboxylic acid groups (broad SMARTS) is 2. The van der Waals surface area contributed by atoms with E-state index >= 15 is 0 Å². The molecule has 2 rings (SSSR count). The molecule has 9 nitrogen and oxygen atoms in total. The molecular formula is C14H10BrIN2O7. The number of hydrogen-bond acceptors (Lipinski definition) is 5. The van der Waals surface area contributed by atoms with E-state index in [1.54, 1.807) is 12.1 Å². The van der Waals surface area contributed by atoms with E-state index in [4.69, 9.17) is 14.9 Å². The Kier molecular flexibility index (Phi) is 6.00. The fraction of sp³-hybridized carbons (Fsp3) is 0.143. The normalized spacial score (nSPS) is 15.4. The molecule has 3 amide bonds. The van der Waals surface area contributed by atoms with Crippen molar-refractivity contribution in [3.05, 3.63) is 31.4 Å². The first kappa shape index (κ1) is 19.2. The Morgan fingerprint density at radius 1 is 1.28 bits per heavy atom. The maximum absolute atomic E-state index is 12.2. The van der Waals surface area contributed by atoms with Crippen molar-refractivity contribution in [3.8, 4) is 5.75 Å². The van der Waals surface area contributed by atoms with Crippen LogP contribution >= 0.6 is 38.5 Å². The van der Waals surface area contributed by atoms with Gasteiger partial charge in [-0.15, -0.1) is 0 Å². The van der Waals surface area contributed by atoms with Crippen LogP contribution in [0.2, 0.25) is 0 Å². The third-order valence-corrected chi connectivity index (χ3v) is 4.14. The Morgan fingerprint density at radius 2 is 1.96 bits per heavy atom. The van der Waals surface area contributed by atoms with Crippen LogP contribution in [-0.4, -0.2) is 52.1 Å². The zero-order chi connectivity index (χ0) is 18.7. The highest BCUT2D eigenvalue weighted by molar-refractivity contribution is 14.1. The third kappa shape index (κ3) is 4.69. The largest absolute Gasteiger partial charge is 0.480 e. The molecule has 0 spiro atoms. The van der Waals surface area contributed by atoms with Crippen LogP contribution in [0.4, 0.5) is 4.79 Å². The van der Waals surface area contributed by atoms with Gasteiger partial charge in [0.25, 0.3) is 5.91 Å². The van der Waals surface area contributed by atoms with Gasteiger partial charge in [0, 0.05) is 9.13 Å². The van der Waals surface area contributed by atoms with Gasteiger partial charge in [-0.25, -0.2) is 14.5 Å². The molecule has 1 aliphatic rings. The van der Waals surface area contributed by atoms with Crippen molar-refractivity contribution in [2.24, 2.45) is 0 Å². The van der Waals surface area contributed by atoms with Crippen LogP contribution < -0.4 is 10.1 Å². The average Bonchev–Trinajstić information content (AvgIpc) is 2.73. The minimum absolute atomic E-state index is 0.139. The summed E-state index contributed by atoms with van der Waals surface area (Å²) < 4.78 is 6.45. The molecule has 0 aromatic heterocycles. The highest BCUT2D eigenvalue weighted by Gasteiger charge is 2.35. The van der Waals surface area contributed by atoms with Gasteiger partial charge in [0.05, 0.1) is 4.47 Å². The SMILES string of the molecule is O=C(O)COc1c(Br)cc(I)cc1/C=C1/NC(=O)N(CC(=O)O)C1=O. The molecule has 1 aliphatic heterocycles. The molecule has 1 fully saturated rings. The van der Waals surface area contributed by atoms with Crippen molar-refractivity contribution in [1.29, 1.82) is 0 Å². The van der Waals surface area contributed by atoms with E-state index in [0.717, 1.165) is 3.57 Å². The topological polar surface area (TPSA) is 133 Å². The Balaban J connectivity index is 2.40. The quantitative estimate of drug-likeness (QED) is 0.292. The van der Waals surface area contributed by atoms with Crippen molar-refractivity contribution in [1.82, 2.24) is 10.2 Å². The number of carboxylic acids is 2. The number of imide groups is 1. The molecule has 0 unspecified atom stereocenters. The summed E-state index contributed by atoms with van der Waals surface area (Å²) in [5.74, 6) is -3.13. The second-order valence-corrected chi connectivity index (χ2v) is 6.86. The maximum Gasteiger partial charge on any atom is 0.341 e. The van der Waals surface area contributed by atoms with Gasteiger partial charge in [-0.05, 0) is 56.7 Å². The van der Waals surface area contributed by atoms with Crippen LogP contribution in [0.25, 0.3) is 6.08 Å². The van der Waals surface area contributed by atoms with Gasteiger partial charge in [-0.2, -0.15) is 0 Å². The summed E-state index contributed by atoms with van der Waals surface area (Å²) >= 11 is 5.27. The molecule has 0 aliphatic carbocycles. The fourth-order valence-corrected chi connectivity index (χ4v) is 3.64. The number of carbonyl (C=O) groups excluding carboxylic acids is 2. The van der Waals surface area contributed by atoms with Crippen LogP contribution in [0.5, 0.6) is 5.75 Å². The number of benzene rings is 1. The smallest absolute Gasteiger partial charge is 0.341 e. The summed E-state index contributed by atoms with van der Waals surface area (Å²) in [4.78, 5) is 45.9. The number of nitrogens with one attached hydrogen (secondary N) is 1. The summed E-state index contributed by atoms with van der Waals surface area (Å²) in [6.07, 6.45) is 1.30. The lowest BCUT2D eigenvalue weighted by molar-refractivity contribution is -0.140. The predicted octanol–water partition coefficient (Wildman–Crippen LogP) is 1.49. The molecule has 0 bridgehead atoms. The van der Waals surface area contributed by atoms with Crippen LogP contribution in [0.1, 0.15) is 5.56 Å². The molecular weight excluding hydrogens is 515 g/mol. The van der Waals surface area contributed by atoms with Crippen molar-refractivity contribution < 1.29 is 34.1 Å².